The van der Waals surface area contributed by atoms with E-state index in [9.17, 15) is 9.59 Å². The monoisotopic (exact) mass is 520 g/mol. The number of carbonyl (C=O) groups is 2. The molecule has 0 fully saturated rings. The molecule has 0 saturated carbocycles. The first-order chi connectivity index (χ1) is 17.0. The first-order valence-electron chi connectivity index (χ1n) is 11.6. The molecule has 188 valence electrons. The molecule has 2 aromatic carbocycles. The summed E-state index contributed by atoms with van der Waals surface area (Å²) < 4.78 is 10.5. The molecule has 1 aliphatic rings. The second-order valence-corrected chi connectivity index (χ2v) is 8.72. The van der Waals surface area contributed by atoms with Crippen LogP contribution in [0.2, 0.25) is 10.0 Å². The first kappa shape index (κ1) is 26.9. The van der Waals surface area contributed by atoms with Gasteiger partial charge in [0.2, 0.25) is 5.91 Å². The maximum atomic E-state index is 12.8. The summed E-state index contributed by atoms with van der Waals surface area (Å²) in [4.78, 5) is 24.9. The lowest BCUT2D eigenvalue weighted by Crippen LogP contribution is -2.25. The van der Waals surface area contributed by atoms with Gasteiger partial charge in [0, 0.05) is 40.9 Å². The van der Waals surface area contributed by atoms with Crippen LogP contribution in [0.4, 0.5) is 10.5 Å². The summed E-state index contributed by atoms with van der Waals surface area (Å²) in [6.07, 6.45) is 0.918. The molecule has 3 rings (SSSR count). The smallest absolute Gasteiger partial charge is 0.411 e. The molecular formula is C25H30Cl2N4O4. The number of rotatable bonds is 12. The number of amides is 2. The fraction of sp³-hybridized carbons (Fsp3) is 0.400. The summed E-state index contributed by atoms with van der Waals surface area (Å²) in [5, 5.41) is 12.9. The quantitative estimate of drug-likeness (QED) is 0.394. The van der Waals surface area contributed by atoms with Crippen molar-refractivity contribution in [3.05, 3.63) is 63.6 Å². The Balaban J connectivity index is 1.45. The van der Waals surface area contributed by atoms with Gasteiger partial charge in [-0.1, -0.05) is 35.3 Å². The van der Waals surface area contributed by atoms with Gasteiger partial charge in [0.05, 0.1) is 31.9 Å². The number of halogens is 2. The van der Waals surface area contributed by atoms with Gasteiger partial charge in [0.1, 0.15) is 0 Å². The van der Waals surface area contributed by atoms with E-state index < -0.39 is 6.09 Å². The molecule has 0 saturated heterocycles. The van der Waals surface area contributed by atoms with Crippen LogP contribution in [-0.2, 0) is 20.7 Å². The van der Waals surface area contributed by atoms with Crippen molar-refractivity contribution in [1.29, 1.82) is 0 Å². The molecule has 8 nitrogen and oxygen atoms in total. The molecule has 0 aliphatic carbocycles. The molecule has 1 heterocycles. The van der Waals surface area contributed by atoms with Crippen LogP contribution >= 0.6 is 23.2 Å². The second kappa shape index (κ2) is 14.0. The van der Waals surface area contributed by atoms with E-state index in [4.69, 9.17) is 32.7 Å². The van der Waals surface area contributed by atoms with E-state index in [1.54, 1.807) is 36.4 Å². The summed E-state index contributed by atoms with van der Waals surface area (Å²) in [5.74, 6) is -0.144. The number of hydrogen-bond donors (Lipinski definition) is 2. The van der Waals surface area contributed by atoms with E-state index in [0.717, 1.165) is 29.9 Å². The normalized spacial score (nSPS) is 13.0. The Morgan fingerprint density at radius 3 is 2.80 bits per heavy atom. The minimum Gasteiger partial charge on any atom is -0.449 e. The Morgan fingerprint density at radius 1 is 1.11 bits per heavy atom. The highest BCUT2D eigenvalue weighted by atomic mass is 35.5. The van der Waals surface area contributed by atoms with Gasteiger partial charge in [-0.15, -0.1) is 0 Å². The molecule has 2 amide bonds. The van der Waals surface area contributed by atoms with Gasteiger partial charge < -0.3 is 14.8 Å². The van der Waals surface area contributed by atoms with Crippen LogP contribution in [0.3, 0.4) is 0 Å². The lowest BCUT2D eigenvalue weighted by molar-refractivity contribution is -0.130. The van der Waals surface area contributed by atoms with Crippen LogP contribution in [0, 0.1) is 0 Å². The summed E-state index contributed by atoms with van der Waals surface area (Å²) in [6.45, 7) is 5.60. The Kier molecular flexibility index (Phi) is 10.8. The van der Waals surface area contributed by atoms with Crippen molar-refractivity contribution in [3.63, 3.8) is 0 Å². The fourth-order valence-electron chi connectivity index (χ4n) is 3.50. The topological polar surface area (TPSA) is 92.3 Å². The van der Waals surface area contributed by atoms with E-state index in [0.29, 0.717) is 54.9 Å². The van der Waals surface area contributed by atoms with Crippen molar-refractivity contribution in [1.82, 2.24) is 10.3 Å². The molecular weight excluding hydrogens is 491 g/mol. The predicted molar refractivity (Wildman–Crippen MR) is 138 cm³/mol. The molecule has 0 spiro atoms. The van der Waals surface area contributed by atoms with E-state index in [-0.39, 0.29) is 12.3 Å². The van der Waals surface area contributed by atoms with Gasteiger partial charge in [-0.05, 0) is 55.8 Å². The van der Waals surface area contributed by atoms with Crippen LogP contribution in [0.15, 0.2) is 47.6 Å². The van der Waals surface area contributed by atoms with Crippen LogP contribution in [0.1, 0.15) is 30.9 Å². The van der Waals surface area contributed by atoms with Gasteiger partial charge in [0.25, 0.3) is 0 Å². The van der Waals surface area contributed by atoms with Crippen molar-refractivity contribution >= 4 is 46.6 Å². The van der Waals surface area contributed by atoms with Crippen molar-refractivity contribution in [2.45, 2.75) is 26.2 Å². The standard InChI is InChI=1S/C25H30Cl2N4O4/c1-2-34-14-11-28-10-4-13-35-25(33)29-20-6-3-5-18(15-20)16-24(32)31-12-9-23(30-31)21-17-19(26)7-8-22(21)27/h3,5-8,15,17,28H,2,4,9-14,16H2,1H3,(H,29,33). The van der Waals surface area contributed by atoms with Crippen molar-refractivity contribution < 1.29 is 19.1 Å². The molecule has 0 atom stereocenters. The van der Waals surface area contributed by atoms with Crippen molar-refractivity contribution in [2.24, 2.45) is 5.10 Å². The van der Waals surface area contributed by atoms with Crippen LogP contribution in [-0.4, -0.2) is 62.2 Å². The third-order valence-corrected chi connectivity index (χ3v) is 5.78. The van der Waals surface area contributed by atoms with Gasteiger partial charge in [-0.25, -0.2) is 9.80 Å². The highest BCUT2D eigenvalue weighted by Gasteiger charge is 2.23. The number of ether oxygens (including phenoxy) is 2. The summed E-state index contributed by atoms with van der Waals surface area (Å²) in [6, 6.07) is 12.3. The highest BCUT2D eigenvalue weighted by molar-refractivity contribution is 6.36. The number of hydrogen-bond acceptors (Lipinski definition) is 6. The number of benzene rings is 2. The number of nitrogens with one attached hydrogen (secondary N) is 2. The van der Waals surface area contributed by atoms with Gasteiger partial charge in [-0.2, -0.15) is 5.10 Å². The maximum absolute atomic E-state index is 12.8. The molecule has 2 aromatic rings. The zero-order chi connectivity index (χ0) is 25.0. The Hall–Kier alpha value is -2.65. The zero-order valence-corrected chi connectivity index (χ0v) is 21.2. The molecule has 0 unspecified atom stereocenters. The van der Waals surface area contributed by atoms with Crippen LogP contribution in [0.25, 0.3) is 0 Å². The Bertz CT molecular complexity index is 1050. The Labute approximate surface area is 215 Å². The number of carbonyl (C=O) groups excluding carboxylic acids is 2. The average Bonchev–Trinajstić information content (AvgIpc) is 3.33. The SMILES string of the molecule is CCOCCNCCCOC(=O)Nc1cccc(CC(=O)N2CCC(c3cc(Cl)ccc3Cl)=N2)c1. The molecule has 0 aromatic heterocycles. The van der Waals surface area contributed by atoms with Crippen molar-refractivity contribution in [3.8, 4) is 0 Å². The summed E-state index contributed by atoms with van der Waals surface area (Å²) in [5.41, 5.74) is 2.79. The molecule has 10 heteroatoms. The lowest BCUT2D eigenvalue weighted by atomic mass is 10.1. The summed E-state index contributed by atoms with van der Waals surface area (Å²) in [7, 11) is 0. The van der Waals surface area contributed by atoms with Crippen LogP contribution in [0.5, 0.6) is 0 Å². The largest absolute Gasteiger partial charge is 0.449 e. The molecule has 35 heavy (non-hydrogen) atoms. The van der Waals surface area contributed by atoms with E-state index in [1.165, 1.54) is 5.01 Å². The zero-order valence-electron chi connectivity index (χ0n) is 19.7. The molecule has 0 bridgehead atoms. The first-order valence-corrected chi connectivity index (χ1v) is 12.4. The summed E-state index contributed by atoms with van der Waals surface area (Å²) >= 11 is 12.3. The lowest BCUT2D eigenvalue weighted by Gasteiger charge is -2.12. The second-order valence-electron chi connectivity index (χ2n) is 7.88. The minimum absolute atomic E-state index is 0.144. The predicted octanol–water partition coefficient (Wildman–Crippen LogP) is 4.74. The van der Waals surface area contributed by atoms with E-state index >= 15 is 0 Å². The minimum atomic E-state index is -0.532. The molecule has 0 radical (unpaired) electrons. The van der Waals surface area contributed by atoms with Crippen LogP contribution < -0.4 is 10.6 Å². The van der Waals surface area contributed by atoms with Gasteiger partial charge >= 0.3 is 6.09 Å². The Morgan fingerprint density at radius 2 is 1.97 bits per heavy atom. The molecule has 2 N–H and O–H groups in total. The fourth-order valence-corrected chi connectivity index (χ4v) is 3.90. The maximum Gasteiger partial charge on any atom is 0.411 e. The number of hydrazone groups is 1. The van der Waals surface area contributed by atoms with Gasteiger partial charge in [0.15, 0.2) is 0 Å². The average molecular weight is 521 g/mol. The third-order valence-electron chi connectivity index (χ3n) is 5.22. The highest BCUT2D eigenvalue weighted by Crippen LogP contribution is 2.25. The van der Waals surface area contributed by atoms with E-state index in [2.05, 4.69) is 15.7 Å². The molecule has 1 aliphatic heterocycles. The number of nitrogens with zero attached hydrogens (tertiary/aromatic N) is 2. The van der Waals surface area contributed by atoms with Crippen molar-refractivity contribution in [2.75, 3.05) is 44.8 Å². The van der Waals surface area contributed by atoms with Gasteiger partial charge in [-0.3, -0.25) is 10.1 Å². The van der Waals surface area contributed by atoms with E-state index in [1.807, 2.05) is 13.0 Å². The third kappa shape index (κ3) is 8.81. The number of anilines is 1.